The third-order valence-corrected chi connectivity index (χ3v) is 14.0. The molecule has 0 bridgehead atoms. The monoisotopic (exact) mass is 721 g/mol. The Labute approximate surface area is 306 Å². The number of imidazole rings is 1. The first kappa shape index (κ1) is 34.5. The molecule has 2 saturated carbocycles. The van der Waals surface area contributed by atoms with E-state index in [1.807, 2.05) is 75.6 Å². The van der Waals surface area contributed by atoms with E-state index in [1.165, 1.54) is 17.6 Å². The van der Waals surface area contributed by atoms with E-state index in [1.54, 1.807) is 24.1 Å². The van der Waals surface area contributed by atoms with Crippen molar-refractivity contribution >= 4 is 46.4 Å². The number of benzene rings is 2. The van der Waals surface area contributed by atoms with Crippen molar-refractivity contribution in [1.82, 2.24) is 9.97 Å². The number of carbonyl (C=O) groups excluding carboxylic acids is 3. The standard InChI is InChI=1S/C26H30O5.C15H13N3O2S/c1-22(2)17(27)7-9-23(3)16-6-10-24(4)15(14-8-11-30-13-14)12-18-26(24,31-18)25(16,5)21(29)19(28)20(22)23;1-20-15(19)18-14-16-12-8-7-11(9-13(12)17-14)21-10-5-3-2-4-6-10/h7-9,11,13,15-16,18,28H,6,10,12H2,1-5H3;2-9H,1H3,(H2,16,17,18,19). The van der Waals surface area contributed by atoms with Crippen molar-refractivity contribution in [2.75, 3.05) is 12.4 Å². The Morgan fingerprint density at radius 2 is 1.83 bits per heavy atom. The fourth-order valence-electron chi connectivity index (χ4n) is 10.7. The molecule has 9 rings (SSSR count). The Morgan fingerprint density at radius 1 is 1.06 bits per heavy atom. The second kappa shape index (κ2) is 11.7. The van der Waals surface area contributed by atoms with Crippen molar-refractivity contribution in [3.8, 4) is 0 Å². The lowest BCUT2D eigenvalue weighted by molar-refractivity contribution is -0.162. The summed E-state index contributed by atoms with van der Waals surface area (Å²) in [7, 11) is 1.31. The number of hydrogen-bond donors (Lipinski definition) is 3. The molecule has 3 N–H and O–H groups in total. The van der Waals surface area contributed by atoms with Gasteiger partial charge in [0.25, 0.3) is 0 Å². The van der Waals surface area contributed by atoms with Crippen molar-refractivity contribution in [1.29, 1.82) is 0 Å². The lowest BCUT2D eigenvalue weighted by Crippen LogP contribution is -2.66. The van der Waals surface area contributed by atoms with Crippen LogP contribution in [0.25, 0.3) is 11.0 Å². The molecule has 270 valence electrons. The number of rotatable bonds is 4. The van der Waals surface area contributed by atoms with Gasteiger partial charge in [0.1, 0.15) is 5.60 Å². The lowest BCUT2D eigenvalue weighted by Gasteiger charge is -2.62. The fraction of sp³-hybridized carbons (Fsp3) is 0.415. The second-order valence-electron chi connectivity index (χ2n) is 15.9. The third kappa shape index (κ3) is 4.67. The van der Waals surface area contributed by atoms with Crippen LogP contribution in [0.2, 0.25) is 0 Å². The van der Waals surface area contributed by atoms with Gasteiger partial charge in [0.2, 0.25) is 11.7 Å². The van der Waals surface area contributed by atoms with Gasteiger partial charge < -0.3 is 24.0 Å². The molecule has 2 aromatic heterocycles. The number of nitrogens with one attached hydrogen (secondary N) is 2. The average molecular weight is 722 g/mol. The number of ether oxygens (including phenoxy) is 2. The summed E-state index contributed by atoms with van der Waals surface area (Å²) >= 11 is 1.67. The summed E-state index contributed by atoms with van der Waals surface area (Å²) in [6, 6.07) is 18.1. The molecule has 5 aliphatic rings. The van der Waals surface area contributed by atoms with E-state index in [0.717, 1.165) is 35.2 Å². The summed E-state index contributed by atoms with van der Waals surface area (Å²) < 4.78 is 16.4. The highest BCUT2D eigenvalue weighted by atomic mass is 32.2. The molecule has 0 radical (unpaired) electrons. The number of epoxide rings is 1. The van der Waals surface area contributed by atoms with E-state index in [0.29, 0.717) is 11.5 Å². The minimum absolute atomic E-state index is 0.00527. The fourth-order valence-corrected chi connectivity index (χ4v) is 11.5. The first-order chi connectivity index (χ1) is 24.7. The number of H-pyrrole nitrogens is 1. The van der Waals surface area contributed by atoms with Crippen LogP contribution < -0.4 is 5.32 Å². The minimum atomic E-state index is -0.901. The first-order valence-corrected chi connectivity index (χ1v) is 18.5. The van der Waals surface area contributed by atoms with Gasteiger partial charge in [-0.15, -0.1) is 0 Å². The number of anilines is 1. The topological polar surface area (TPSA) is 147 Å². The van der Waals surface area contributed by atoms with E-state index >= 15 is 0 Å². The molecule has 1 amide bonds. The predicted molar refractivity (Wildman–Crippen MR) is 196 cm³/mol. The number of amides is 1. The smallest absolute Gasteiger partial charge is 0.413 e. The molecular formula is C41H43N3O7S. The Balaban J connectivity index is 0.000000161. The highest BCUT2D eigenvalue weighted by molar-refractivity contribution is 7.99. The zero-order valence-corrected chi connectivity index (χ0v) is 30.9. The molecule has 7 atom stereocenters. The molecule has 1 spiro atoms. The highest BCUT2D eigenvalue weighted by Crippen LogP contribution is 2.81. The molecule has 3 heterocycles. The van der Waals surface area contributed by atoms with Gasteiger partial charge in [-0.1, -0.05) is 49.9 Å². The normalized spacial score (nSPS) is 33.7. The van der Waals surface area contributed by atoms with E-state index in [-0.39, 0.29) is 40.7 Å². The summed E-state index contributed by atoms with van der Waals surface area (Å²) in [5.74, 6) is 0.0620. The number of aliphatic hydroxyl groups is 1. The summed E-state index contributed by atoms with van der Waals surface area (Å²) in [5.41, 5.74) is 0.254. The Kier molecular flexibility index (Phi) is 7.76. The van der Waals surface area contributed by atoms with Crippen LogP contribution in [-0.4, -0.2) is 51.5 Å². The zero-order valence-electron chi connectivity index (χ0n) is 30.1. The SMILES string of the molecule is CC1(C)C(=O)C=CC2(C)C1=C(O)C(=O)C1(C)C2CCC2(C)C(c3ccoc3)CC3OC321.COC(=O)Nc1nc2ccc(Sc3ccccc3)cc2[nH]1. The first-order valence-electron chi connectivity index (χ1n) is 17.7. The van der Waals surface area contributed by atoms with Crippen molar-refractivity contribution in [3.05, 3.63) is 96.2 Å². The molecule has 2 aromatic carbocycles. The van der Waals surface area contributed by atoms with Gasteiger partial charge in [0.05, 0.1) is 47.6 Å². The van der Waals surface area contributed by atoms with Crippen molar-refractivity contribution < 1.29 is 33.4 Å². The van der Waals surface area contributed by atoms with Crippen molar-refractivity contribution in [2.45, 2.75) is 81.3 Å². The number of fused-ring (bicyclic) bond motifs is 4. The van der Waals surface area contributed by atoms with E-state index < -0.39 is 27.9 Å². The number of carbonyl (C=O) groups is 3. The average Bonchev–Trinajstić information content (AvgIpc) is 3.39. The number of ketones is 2. The maximum Gasteiger partial charge on any atom is 0.413 e. The third-order valence-electron chi connectivity index (χ3n) is 13.0. The number of aromatic nitrogens is 2. The van der Waals surface area contributed by atoms with Crippen LogP contribution in [0.4, 0.5) is 10.7 Å². The number of furan rings is 1. The van der Waals surface area contributed by atoms with Gasteiger partial charge in [0, 0.05) is 20.6 Å². The number of Topliss-reactive ketones (excluding diaryl/α,β-unsaturated/α-hetero) is 1. The largest absolute Gasteiger partial charge is 0.504 e. The van der Waals surface area contributed by atoms with Crippen LogP contribution in [0.5, 0.6) is 0 Å². The summed E-state index contributed by atoms with van der Waals surface area (Å²) in [6.45, 7) is 10.0. The highest BCUT2D eigenvalue weighted by Gasteiger charge is 2.87. The molecule has 1 saturated heterocycles. The van der Waals surface area contributed by atoms with Gasteiger partial charge in [-0.25, -0.2) is 9.78 Å². The van der Waals surface area contributed by atoms with Gasteiger partial charge in [0.15, 0.2) is 11.5 Å². The number of aromatic amines is 1. The summed E-state index contributed by atoms with van der Waals surface area (Å²) in [6.07, 6.45) is 9.21. The predicted octanol–water partition coefficient (Wildman–Crippen LogP) is 8.79. The van der Waals surface area contributed by atoms with Crippen LogP contribution >= 0.6 is 11.8 Å². The van der Waals surface area contributed by atoms with E-state index in [4.69, 9.17) is 9.15 Å². The van der Waals surface area contributed by atoms with E-state index in [2.05, 4.69) is 46.0 Å². The van der Waals surface area contributed by atoms with Crippen LogP contribution in [0.15, 0.2) is 105 Å². The van der Waals surface area contributed by atoms with E-state index in [9.17, 15) is 19.5 Å². The maximum absolute atomic E-state index is 14.0. The Bertz CT molecular complexity index is 2170. The van der Waals surface area contributed by atoms with Gasteiger partial charge in [-0.05, 0) is 105 Å². The molecular weight excluding hydrogens is 679 g/mol. The number of hydrogen-bond acceptors (Lipinski definition) is 9. The van der Waals surface area contributed by atoms with Crippen LogP contribution in [0.3, 0.4) is 0 Å². The van der Waals surface area contributed by atoms with Gasteiger partial charge in [-0.3, -0.25) is 14.9 Å². The molecule has 4 aliphatic carbocycles. The van der Waals surface area contributed by atoms with Gasteiger partial charge >= 0.3 is 6.09 Å². The van der Waals surface area contributed by atoms with Crippen LogP contribution in [-0.2, 0) is 19.1 Å². The van der Waals surface area contributed by atoms with Crippen LogP contribution in [0, 0.1) is 27.6 Å². The quantitative estimate of drug-likeness (QED) is 0.176. The number of nitrogens with zero attached hydrogens (tertiary/aromatic N) is 1. The van der Waals surface area contributed by atoms with Crippen molar-refractivity contribution in [2.24, 2.45) is 27.6 Å². The molecule has 7 unspecified atom stereocenters. The molecule has 4 aromatic rings. The summed E-state index contributed by atoms with van der Waals surface area (Å²) in [4.78, 5) is 47.5. The maximum atomic E-state index is 14.0. The number of methoxy groups -OCH3 is 1. The molecule has 52 heavy (non-hydrogen) atoms. The molecule has 1 aliphatic heterocycles. The molecule has 10 nitrogen and oxygen atoms in total. The van der Waals surface area contributed by atoms with Gasteiger partial charge in [-0.2, -0.15) is 0 Å². The van der Waals surface area contributed by atoms with Crippen molar-refractivity contribution in [3.63, 3.8) is 0 Å². The van der Waals surface area contributed by atoms with Crippen LogP contribution in [0.1, 0.15) is 65.4 Å². The number of aliphatic hydroxyl groups excluding tert-OH is 1. The Hall–Kier alpha value is -4.61. The lowest BCUT2D eigenvalue weighted by atomic mass is 9.39. The molecule has 11 heteroatoms. The molecule has 3 fully saturated rings. The Morgan fingerprint density at radius 3 is 2.54 bits per heavy atom. The number of allylic oxidation sites excluding steroid dienone is 4. The second-order valence-corrected chi connectivity index (χ2v) is 17.0. The minimum Gasteiger partial charge on any atom is -0.504 e. The summed E-state index contributed by atoms with van der Waals surface area (Å²) in [5, 5.41) is 13.9. The zero-order chi connectivity index (χ0) is 36.8.